The van der Waals surface area contributed by atoms with Crippen molar-refractivity contribution in [1.82, 2.24) is 19.7 Å². The van der Waals surface area contributed by atoms with Gasteiger partial charge in [-0.3, -0.25) is 10.1 Å². The molecule has 9 nitrogen and oxygen atoms in total. The molecule has 0 fully saturated rings. The molecule has 9 heteroatoms. The van der Waals surface area contributed by atoms with Crippen molar-refractivity contribution in [1.29, 1.82) is 0 Å². The fourth-order valence-electron chi connectivity index (χ4n) is 2.44. The van der Waals surface area contributed by atoms with Gasteiger partial charge in [-0.2, -0.15) is 5.10 Å². The molecule has 0 aliphatic carbocycles. The number of hydrogen-bond donors (Lipinski definition) is 1. The van der Waals surface area contributed by atoms with E-state index in [1.54, 1.807) is 36.0 Å². The summed E-state index contributed by atoms with van der Waals surface area (Å²) >= 11 is 0. The number of non-ortho nitro benzene ring substituents is 1. The van der Waals surface area contributed by atoms with Gasteiger partial charge in [-0.15, -0.1) is 0 Å². The summed E-state index contributed by atoms with van der Waals surface area (Å²) in [6, 6.07) is 7.76. The van der Waals surface area contributed by atoms with Crippen molar-refractivity contribution in [2.45, 2.75) is 13.8 Å². The number of nitrogens with zero attached hydrogens (tertiary/aromatic N) is 6. The third-order valence-corrected chi connectivity index (χ3v) is 3.48. The second kappa shape index (κ2) is 6.48. The van der Waals surface area contributed by atoms with Gasteiger partial charge in [-0.05, 0) is 26.0 Å². The van der Waals surface area contributed by atoms with E-state index in [1.165, 1.54) is 18.3 Å². The molecule has 0 atom stereocenters. The van der Waals surface area contributed by atoms with Crippen LogP contribution in [-0.2, 0) is 0 Å². The van der Waals surface area contributed by atoms with E-state index in [0.717, 1.165) is 5.69 Å². The van der Waals surface area contributed by atoms with E-state index in [-0.39, 0.29) is 5.69 Å². The van der Waals surface area contributed by atoms with E-state index in [1.807, 2.05) is 6.92 Å². The van der Waals surface area contributed by atoms with Crippen molar-refractivity contribution in [3.8, 4) is 17.1 Å². The topological polar surface area (TPSA) is 119 Å². The first-order valence-corrected chi connectivity index (χ1v) is 7.32. The molecular weight excluding hydrogens is 324 g/mol. The van der Waals surface area contributed by atoms with Crippen LogP contribution in [0.2, 0.25) is 0 Å². The van der Waals surface area contributed by atoms with Crippen LogP contribution in [0.1, 0.15) is 17.1 Å². The minimum absolute atomic E-state index is 0.0115. The van der Waals surface area contributed by atoms with Gasteiger partial charge in [-0.1, -0.05) is 5.16 Å². The van der Waals surface area contributed by atoms with Gasteiger partial charge in [-0.25, -0.2) is 14.6 Å². The number of benzene rings is 1. The van der Waals surface area contributed by atoms with Gasteiger partial charge in [0.1, 0.15) is 11.5 Å². The number of aryl methyl sites for hydroxylation is 2. The lowest BCUT2D eigenvalue weighted by molar-refractivity contribution is -0.384. The van der Waals surface area contributed by atoms with Crippen molar-refractivity contribution >= 4 is 11.9 Å². The third-order valence-electron chi connectivity index (χ3n) is 3.48. The molecule has 1 N–H and O–H groups in total. The molecule has 0 aliphatic heterocycles. The average Bonchev–Trinajstić information content (AvgIpc) is 2.98. The van der Waals surface area contributed by atoms with Crippen molar-refractivity contribution in [3.63, 3.8) is 0 Å². The highest BCUT2D eigenvalue weighted by Crippen LogP contribution is 2.24. The molecule has 126 valence electrons. The summed E-state index contributed by atoms with van der Waals surface area (Å²) in [4.78, 5) is 18.9. The van der Waals surface area contributed by atoms with Crippen LogP contribution >= 0.6 is 0 Å². The molecule has 0 saturated heterocycles. The Balaban J connectivity index is 2.10. The Kier molecular flexibility index (Phi) is 4.21. The molecule has 3 rings (SSSR count). The first-order valence-electron chi connectivity index (χ1n) is 7.32. The number of rotatable bonds is 4. The molecule has 0 aliphatic rings. The fraction of sp³-hybridized carbons (Fsp3) is 0.125. The maximum atomic E-state index is 10.8. The van der Waals surface area contributed by atoms with Gasteiger partial charge in [0.05, 0.1) is 11.1 Å². The fourth-order valence-corrected chi connectivity index (χ4v) is 2.44. The van der Waals surface area contributed by atoms with Crippen LogP contribution in [0.15, 0.2) is 41.7 Å². The largest absolute Gasteiger partial charge is 0.411 e. The predicted octanol–water partition coefficient (Wildman–Crippen LogP) is 2.66. The summed E-state index contributed by atoms with van der Waals surface area (Å²) < 4.78 is 1.55. The van der Waals surface area contributed by atoms with Gasteiger partial charge in [0.25, 0.3) is 5.69 Å². The number of oxime groups is 1. The monoisotopic (exact) mass is 338 g/mol. The van der Waals surface area contributed by atoms with Gasteiger partial charge in [0.2, 0.25) is 0 Å². The van der Waals surface area contributed by atoms with E-state index in [2.05, 4.69) is 20.2 Å². The van der Waals surface area contributed by atoms with E-state index >= 15 is 0 Å². The molecule has 0 amide bonds. The van der Waals surface area contributed by atoms with Crippen LogP contribution in [0, 0.1) is 24.0 Å². The lowest BCUT2D eigenvalue weighted by Gasteiger charge is -2.03. The molecule has 0 radical (unpaired) electrons. The zero-order valence-electron chi connectivity index (χ0n) is 13.5. The maximum absolute atomic E-state index is 10.8. The SMILES string of the molecule is Cc1cc(-n2cc(/C=N/O)c(-c3ccc([N+](=O)[O-])cc3)n2)nc(C)n1. The van der Waals surface area contributed by atoms with Gasteiger partial charge < -0.3 is 5.21 Å². The predicted molar refractivity (Wildman–Crippen MR) is 90.1 cm³/mol. The van der Waals surface area contributed by atoms with Crippen molar-refractivity contribution in [3.05, 3.63) is 63.7 Å². The summed E-state index contributed by atoms with van der Waals surface area (Å²) in [5.74, 6) is 1.19. The number of nitro groups is 1. The molecule has 2 aromatic heterocycles. The van der Waals surface area contributed by atoms with E-state index in [0.29, 0.717) is 28.5 Å². The summed E-state index contributed by atoms with van der Waals surface area (Å²) in [5, 5.41) is 27.2. The normalized spacial score (nSPS) is 11.1. The summed E-state index contributed by atoms with van der Waals surface area (Å²) in [5.41, 5.74) is 2.50. The Morgan fingerprint density at radius 3 is 2.56 bits per heavy atom. The molecule has 0 saturated carbocycles. The van der Waals surface area contributed by atoms with Crippen molar-refractivity contribution in [2.75, 3.05) is 0 Å². The summed E-state index contributed by atoms with van der Waals surface area (Å²) in [6.45, 7) is 3.64. The summed E-state index contributed by atoms with van der Waals surface area (Å²) in [7, 11) is 0. The molecule has 1 aromatic carbocycles. The van der Waals surface area contributed by atoms with E-state index in [4.69, 9.17) is 5.21 Å². The van der Waals surface area contributed by atoms with Crippen LogP contribution in [0.4, 0.5) is 5.69 Å². The molecule has 0 bridgehead atoms. The second-order valence-corrected chi connectivity index (χ2v) is 5.34. The quantitative estimate of drug-likeness (QED) is 0.338. The van der Waals surface area contributed by atoms with Crippen LogP contribution in [0.25, 0.3) is 17.1 Å². The van der Waals surface area contributed by atoms with E-state index < -0.39 is 4.92 Å². The van der Waals surface area contributed by atoms with Crippen molar-refractivity contribution in [2.24, 2.45) is 5.16 Å². The average molecular weight is 338 g/mol. The minimum Gasteiger partial charge on any atom is -0.411 e. The van der Waals surface area contributed by atoms with Crippen molar-refractivity contribution < 1.29 is 10.1 Å². The molecule has 0 spiro atoms. The molecule has 0 unspecified atom stereocenters. The number of hydrogen-bond acceptors (Lipinski definition) is 7. The Morgan fingerprint density at radius 2 is 1.96 bits per heavy atom. The lowest BCUT2D eigenvalue weighted by atomic mass is 10.1. The molecule has 3 aromatic rings. The summed E-state index contributed by atoms with van der Waals surface area (Å²) in [6.07, 6.45) is 2.92. The second-order valence-electron chi connectivity index (χ2n) is 5.34. The highest BCUT2D eigenvalue weighted by molar-refractivity contribution is 5.88. The number of aromatic nitrogens is 4. The third kappa shape index (κ3) is 3.34. The van der Waals surface area contributed by atoms with Crippen LogP contribution < -0.4 is 0 Å². The zero-order valence-corrected chi connectivity index (χ0v) is 13.5. The van der Waals surface area contributed by atoms with E-state index in [9.17, 15) is 10.1 Å². The molecular formula is C16H14N6O3. The van der Waals surface area contributed by atoms with Gasteiger partial charge >= 0.3 is 0 Å². The zero-order chi connectivity index (χ0) is 18.0. The highest BCUT2D eigenvalue weighted by Gasteiger charge is 2.14. The Hall–Kier alpha value is -3.62. The standard InChI is InChI=1S/C16H14N6O3/c1-10-7-15(19-11(2)18-10)21-9-13(8-17-23)16(20-21)12-3-5-14(6-4-12)22(24)25/h3-9,23H,1-2H3/b17-8+. The first kappa shape index (κ1) is 16.2. The molecule has 25 heavy (non-hydrogen) atoms. The van der Waals surface area contributed by atoms with Crippen LogP contribution in [0.3, 0.4) is 0 Å². The highest BCUT2D eigenvalue weighted by atomic mass is 16.6. The first-order chi connectivity index (χ1) is 12.0. The molecule has 2 heterocycles. The Labute approximate surface area is 142 Å². The minimum atomic E-state index is -0.467. The number of nitro benzene ring substituents is 1. The Morgan fingerprint density at radius 1 is 1.24 bits per heavy atom. The van der Waals surface area contributed by atoms with Gasteiger partial charge in [0, 0.05) is 41.2 Å². The van der Waals surface area contributed by atoms with Crippen LogP contribution in [0.5, 0.6) is 0 Å². The van der Waals surface area contributed by atoms with Crippen LogP contribution in [-0.4, -0.2) is 36.1 Å². The Bertz CT molecular complexity index is 942. The lowest BCUT2D eigenvalue weighted by Crippen LogP contribution is -2.02. The maximum Gasteiger partial charge on any atom is 0.269 e. The smallest absolute Gasteiger partial charge is 0.269 e. The van der Waals surface area contributed by atoms with Gasteiger partial charge in [0.15, 0.2) is 5.82 Å².